The minimum Gasteiger partial charge on any atom is -0.463 e. The molecule has 1 aliphatic rings. The molecule has 24 heavy (non-hydrogen) atoms. The number of carbonyl (C=O) groups is 2. The molecule has 2 heterocycles. The molecule has 0 amide bonds. The summed E-state index contributed by atoms with van der Waals surface area (Å²) in [4.78, 5) is 31.7. The zero-order valence-electron chi connectivity index (χ0n) is 13.8. The van der Waals surface area contributed by atoms with Crippen LogP contribution < -0.4 is 4.74 Å². The highest BCUT2D eigenvalue weighted by molar-refractivity contribution is 5.96. The zero-order valence-corrected chi connectivity index (χ0v) is 13.8. The number of Topliss-reactive ketones (excluding diaryl/α,β-unsaturated/α-hetero) is 1. The van der Waals surface area contributed by atoms with Gasteiger partial charge in [-0.2, -0.15) is 4.98 Å². The summed E-state index contributed by atoms with van der Waals surface area (Å²) in [7, 11) is 0. The van der Waals surface area contributed by atoms with Crippen LogP contribution in [0, 0.1) is 0 Å². The summed E-state index contributed by atoms with van der Waals surface area (Å²) in [5.74, 6) is -0.954. The lowest BCUT2D eigenvalue weighted by Gasteiger charge is -2.13. The summed E-state index contributed by atoms with van der Waals surface area (Å²) in [6.07, 6.45) is 5.46. The highest BCUT2D eigenvalue weighted by atomic mass is 16.6. The van der Waals surface area contributed by atoms with E-state index in [9.17, 15) is 9.59 Å². The molecular weight excluding hydrogens is 312 g/mol. The predicted molar refractivity (Wildman–Crippen MR) is 84.8 cm³/mol. The van der Waals surface area contributed by atoms with Gasteiger partial charge in [0.05, 0.1) is 6.10 Å². The summed E-state index contributed by atoms with van der Waals surface area (Å²) >= 11 is 0. The molecule has 2 aromatic heterocycles. The van der Waals surface area contributed by atoms with Crippen molar-refractivity contribution in [2.24, 2.45) is 0 Å². The number of ketones is 1. The van der Waals surface area contributed by atoms with E-state index in [1.807, 2.05) is 6.20 Å². The normalized spacial score (nSPS) is 13.8. The molecule has 0 saturated carbocycles. The third-order valence-electron chi connectivity index (χ3n) is 3.79. The first-order valence-corrected chi connectivity index (χ1v) is 8.14. The van der Waals surface area contributed by atoms with E-state index in [0.29, 0.717) is 11.2 Å². The van der Waals surface area contributed by atoms with E-state index in [1.165, 1.54) is 5.56 Å². The standard InChI is InChI=1S/C17H20N2O5/c1-10(2)23-14(21)7-12(20)9-22-17-19-15-13-6-4-3-5-11(13)8-18-16(15)24-17/h8,10H,3-7,9H2,1-2H3. The molecular formula is C17H20N2O5. The van der Waals surface area contributed by atoms with Gasteiger partial charge in [0.1, 0.15) is 11.9 Å². The van der Waals surface area contributed by atoms with Crippen molar-refractivity contribution in [3.63, 3.8) is 0 Å². The number of aromatic nitrogens is 2. The van der Waals surface area contributed by atoms with E-state index < -0.39 is 11.8 Å². The van der Waals surface area contributed by atoms with Crippen LogP contribution in [0.2, 0.25) is 0 Å². The Hall–Kier alpha value is -2.44. The average Bonchev–Trinajstić information content (AvgIpc) is 2.95. The summed E-state index contributed by atoms with van der Waals surface area (Å²) < 4.78 is 15.6. The molecule has 128 valence electrons. The number of fused-ring (bicyclic) bond motifs is 3. The first kappa shape index (κ1) is 16.4. The fourth-order valence-corrected chi connectivity index (χ4v) is 2.78. The van der Waals surface area contributed by atoms with Crippen molar-refractivity contribution >= 4 is 23.0 Å². The number of hydrogen-bond donors (Lipinski definition) is 0. The molecule has 0 atom stereocenters. The largest absolute Gasteiger partial charge is 0.463 e. The van der Waals surface area contributed by atoms with Gasteiger partial charge in [-0.25, -0.2) is 4.98 Å². The van der Waals surface area contributed by atoms with Crippen LogP contribution in [0.15, 0.2) is 10.6 Å². The lowest BCUT2D eigenvalue weighted by atomic mass is 9.93. The van der Waals surface area contributed by atoms with Gasteiger partial charge < -0.3 is 13.9 Å². The van der Waals surface area contributed by atoms with Gasteiger partial charge in [-0.15, -0.1) is 0 Å². The Labute approximate surface area is 139 Å². The predicted octanol–water partition coefficient (Wildman–Crippen LogP) is 2.39. The van der Waals surface area contributed by atoms with Crippen LogP contribution in [0.25, 0.3) is 11.2 Å². The number of aryl methyl sites for hydroxylation is 2. The molecule has 1 aliphatic carbocycles. The second kappa shape index (κ2) is 6.98. The van der Waals surface area contributed by atoms with Crippen LogP contribution in [0.1, 0.15) is 44.2 Å². The number of pyridine rings is 1. The molecule has 0 bridgehead atoms. The van der Waals surface area contributed by atoms with Crippen LogP contribution >= 0.6 is 0 Å². The molecule has 0 radical (unpaired) electrons. The van der Waals surface area contributed by atoms with Gasteiger partial charge in [-0.3, -0.25) is 9.59 Å². The quantitative estimate of drug-likeness (QED) is 0.592. The Bertz CT molecular complexity index is 766. The highest BCUT2D eigenvalue weighted by Gasteiger charge is 2.19. The van der Waals surface area contributed by atoms with Gasteiger partial charge >= 0.3 is 12.0 Å². The Kier molecular flexibility index (Phi) is 4.78. The number of hydrogen-bond acceptors (Lipinski definition) is 7. The van der Waals surface area contributed by atoms with Crippen molar-refractivity contribution in [1.29, 1.82) is 0 Å². The Morgan fingerprint density at radius 3 is 2.88 bits per heavy atom. The van der Waals surface area contributed by atoms with Crippen molar-refractivity contribution in [1.82, 2.24) is 9.97 Å². The lowest BCUT2D eigenvalue weighted by molar-refractivity contribution is -0.149. The van der Waals surface area contributed by atoms with E-state index in [1.54, 1.807) is 13.8 Å². The molecule has 0 spiro atoms. The fourth-order valence-electron chi connectivity index (χ4n) is 2.78. The molecule has 0 unspecified atom stereocenters. The van der Waals surface area contributed by atoms with Crippen molar-refractivity contribution in [3.05, 3.63) is 17.3 Å². The lowest BCUT2D eigenvalue weighted by Crippen LogP contribution is -2.19. The number of rotatable bonds is 6. The SMILES string of the molecule is CC(C)OC(=O)CC(=O)COc1nc2c3c(cnc2o1)CCCC3. The smallest absolute Gasteiger partial charge is 0.396 e. The van der Waals surface area contributed by atoms with E-state index in [-0.39, 0.29) is 25.2 Å². The molecule has 7 heteroatoms. The zero-order chi connectivity index (χ0) is 17.1. The van der Waals surface area contributed by atoms with E-state index in [2.05, 4.69) is 9.97 Å². The maximum absolute atomic E-state index is 11.7. The number of ether oxygens (including phenoxy) is 2. The van der Waals surface area contributed by atoms with Crippen LogP contribution in [0.4, 0.5) is 0 Å². The van der Waals surface area contributed by atoms with Gasteiger partial charge in [-0.1, -0.05) is 0 Å². The number of nitrogens with zero attached hydrogens (tertiary/aromatic N) is 2. The Morgan fingerprint density at radius 1 is 1.29 bits per heavy atom. The molecule has 0 saturated heterocycles. The van der Waals surface area contributed by atoms with Gasteiger partial charge in [0.25, 0.3) is 5.71 Å². The topological polar surface area (TPSA) is 91.5 Å². The minimum absolute atomic E-state index is 0.00190. The summed E-state index contributed by atoms with van der Waals surface area (Å²) in [6, 6.07) is 0. The van der Waals surface area contributed by atoms with Crippen molar-refractivity contribution in [3.8, 4) is 6.08 Å². The van der Waals surface area contributed by atoms with Crippen LogP contribution in [0.3, 0.4) is 0 Å². The molecule has 0 aromatic carbocycles. The minimum atomic E-state index is -0.563. The van der Waals surface area contributed by atoms with Crippen molar-refractivity contribution < 1.29 is 23.5 Å². The first-order valence-electron chi connectivity index (χ1n) is 8.14. The number of esters is 1. The summed E-state index contributed by atoms with van der Waals surface area (Å²) in [5.41, 5.74) is 3.46. The molecule has 3 rings (SSSR count). The monoisotopic (exact) mass is 332 g/mol. The second-order valence-electron chi connectivity index (χ2n) is 6.15. The van der Waals surface area contributed by atoms with Crippen LogP contribution in [0.5, 0.6) is 6.08 Å². The van der Waals surface area contributed by atoms with Gasteiger partial charge in [0, 0.05) is 6.20 Å². The molecule has 0 fully saturated rings. The molecule has 7 nitrogen and oxygen atoms in total. The van der Waals surface area contributed by atoms with Crippen LogP contribution in [-0.4, -0.2) is 34.4 Å². The van der Waals surface area contributed by atoms with Crippen molar-refractivity contribution in [2.45, 2.75) is 52.1 Å². The Balaban J connectivity index is 1.63. The van der Waals surface area contributed by atoms with Crippen molar-refractivity contribution in [2.75, 3.05) is 6.61 Å². The summed E-state index contributed by atoms with van der Waals surface area (Å²) in [6.45, 7) is 3.16. The number of oxazole rings is 1. The highest BCUT2D eigenvalue weighted by Crippen LogP contribution is 2.29. The average molecular weight is 332 g/mol. The van der Waals surface area contributed by atoms with E-state index >= 15 is 0 Å². The summed E-state index contributed by atoms with van der Waals surface area (Å²) in [5, 5.41) is 0. The fraction of sp³-hybridized carbons (Fsp3) is 0.529. The third kappa shape index (κ3) is 3.72. The third-order valence-corrected chi connectivity index (χ3v) is 3.79. The second-order valence-corrected chi connectivity index (χ2v) is 6.15. The Morgan fingerprint density at radius 2 is 2.08 bits per heavy atom. The molecule has 0 aliphatic heterocycles. The molecule has 2 aromatic rings. The van der Waals surface area contributed by atoms with Gasteiger partial charge in [0.15, 0.2) is 12.4 Å². The number of carbonyl (C=O) groups excluding carboxylic acids is 2. The van der Waals surface area contributed by atoms with Gasteiger partial charge in [-0.05, 0) is 50.7 Å². The first-order chi connectivity index (χ1) is 11.5. The van der Waals surface area contributed by atoms with Gasteiger partial charge in [0.2, 0.25) is 0 Å². The van der Waals surface area contributed by atoms with Crippen LogP contribution in [-0.2, 0) is 27.2 Å². The van der Waals surface area contributed by atoms with E-state index in [0.717, 1.165) is 31.2 Å². The maximum atomic E-state index is 11.7. The maximum Gasteiger partial charge on any atom is 0.396 e. The van der Waals surface area contributed by atoms with E-state index in [4.69, 9.17) is 13.9 Å². The molecule has 0 N–H and O–H groups in total.